The van der Waals surface area contributed by atoms with E-state index in [0.29, 0.717) is 22.7 Å². The fourth-order valence-electron chi connectivity index (χ4n) is 4.19. The largest absolute Gasteiger partial charge is 0.496 e. The number of rotatable bonds is 9. The van der Waals surface area contributed by atoms with E-state index in [2.05, 4.69) is 5.32 Å². The van der Waals surface area contributed by atoms with Gasteiger partial charge in [0.1, 0.15) is 18.0 Å². The van der Waals surface area contributed by atoms with Gasteiger partial charge in [-0.05, 0) is 92.8 Å². The monoisotopic (exact) mass is 494 g/mol. The molecule has 3 aromatic rings. The summed E-state index contributed by atoms with van der Waals surface area (Å²) >= 11 is 0. The number of sulfonamides is 1. The van der Waals surface area contributed by atoms with Crippen LogP contribution in [0.5, 0.6) is 11.5 Å². The number of carbonyl (C=O) groups is 1. The Kier molecular flexibility index (Phi) is 7.60. The first-order valence-corrected chi connectivity index (χ1v) is 13.1. The van der Waals surface area contributed by atoms with Crippen molar-refractivity contribution in [2.45, 2.75) is 43.6 Å². The van der Waals surface area contributed by atoms with Gasteiger partial charge < -0.3 is 14.8 Å². The second kappa shape index (κ2) is 10.8. The Hall–Kier alpha value is -3.52. The Morgan fingerprint density at radius 2 is 1.69 bits per heavy atom. The molecule has 0 atom stereocenters. The van der Waals surface area contributed by atoms with Crippen LogP contribution in [0.3, 0.4) is 0 Å². The van der Waals surface area contributed by atoms with Crippen molar-refractivity contribution in [2.75, 3.05) is 23.3 Å². The number of aryl methyl sites for hydroxylation is 1. The summed E-state index contributed by atoms with van der Waals surface area (Å²) in [5.74, 6) is 0.902. The summed E-state index contributed by atoms with van der Waals surface area (Å²) in [6.45, 7) is 1.40. The van der Waals surface area contributed by atoms with Crippen LogP contribution in [0.15, 0.2) is 77.7 Å². The number of anilines is 2. The minimum Gasteiger partial charge on any atom is -0.496 e. The van der Waals surface area contributed by atoms with Crippen LogP contribution < -0.4 is 19.1 Å². The molecule has 0 aliphatic heterocycles. The zero-order valence-corrected chi connectivity index (χ0v) is 20.8. The highest BCUT2D eigenvalue weighted by Gasteiger charge is 2.28. The molecule has 35 heavy (non-hydrogen) atoms. The Bertz CT molecular complexity index is 1250. The molecule has 1 fully saturated rings. The van der Waals surface area contributed by atoms with Crippen LogP contribution in [0.1, 0.15) is 31.2 Å². The second-order valence-electron chi connectivity index (χ2n) is 8.58. The number of nitrogens with one attached hydrogen (secondary N) is 1. The number of hydrogen-bond acceptors (Lipinski definition) is 5. The Morgan fingerprint density at radius 3 is 2.31 bits per heavy atom. The zero-order valence-electron chi connectivity index (χ0n) is 19.9. The third-order valence-electron chi connectivity index (χ3n) is 6.03. The van der Waals surface area contributed by atoms with Gasteiger partial charge in [-0.15, -0.1) is 0 Å². The number of para-hydroxylation sites is 1. The molecule has 1 amide bonds. The average Bonchev–Trinajstić information content (AvgIpc) is 3.37. The molecule has 0 aromatic heterocycles. The van der Waals surface area contributed by atoms with E-state index >= 15 is 0 Å². The quantitative estimate of drug-likeness (QED) is 0.444. The van der Waals surface area contributed by atoms with Gasteiger partial charge in [0.05, 0.1) is 23.8 Å². The van der Waals surface area contributed by atoms with Crippen molar-refractivity contribution in [3.8, 4) is 11.5 Å². The van der Waals surface area contributed by atoms with Crippen molar-refractivity contribution in [1.82, 2.24) is 0 Å². The van der Waals surface area contributed by atoms with Gasteiger partial charge in [0.15, 0.2) is 0 Å². The van der Waals surface area contributed by atoms with Gasteiger partial charge in [-0.25, -0.2) is 8.42 Å². The first-order chi connectivity index (χ1) is 16.9. The van der Waals surface area contributed by atoms with Crippen LogP contribution >= 0.6 is 0 Å². The lowest BCUT2D eigenvalue weighted by Gasteiger charge is -2.24. The molecule has 4 rings (SSSR count). The third-order valence-corrected chi connectivity index (χ3v) is 7.80. The van der Waals surface area contributed by atoms with Gasteiger partial charge in [-0.1, -0.05) is 18.2 Å². The molecule has 0 spiro atoms. The van der Waals surface area contributed by atoms with Gasteiger partial charge in [0, 0.05) is 5.69 Å². The van der Waals surface area contributed by atoms with Crippen molar-refractivity contribution in [2.24, 2.45) is 0 Å². The third kappa shape index (κ3) is 5.95. The van der Waals surface area contributed by atoms with Crippen molar-refractivity contribution >= 4 is 27.3 Å². The maximum atomic E-state index is 13.6. The lowest BCUT2D eigenvalue weighted by atomic mass is 10.2. The van der Waals surface area contributed by atoms with E-state index < -0.39 is 15.9 Å². The van der Waals surface area contributed by atoms with Crippen LogP contribution in [0.2, 0.25) is 0 Å². The molecular weight excluding hydrogens is 464 g/mol. The summed E-state index contributed by atoms with van der Waals surface area (Å²) in [6.07, 6.45) is 4.76. The van der Waals surface area contributed by atoms with Crippen LogP contribution in [0.25, 0.3) is 0 Å². The highest BCUT2D eigenvalue weighted by atomic mass is 32.2. The fraction of sp³-hybridized carbons (Fsp3) is 0.296. The van der Waals surface area contributed by atoms with Crippen molar-refractivity contribution in [3.63, 3.8) is 0 Å². The predicted octanol–water partition coefficient (Wildman–Crippen LogP) is 5.16. The summed E-state index contributed by atoms with van der Waals surface area (Å²) in [7, 11) is -2.48. The molecule has 3 aromatic carbocycles. The van der Waals surface area contributed by atoms with E-state index in [1.165, 1.54) is 26.0 Å². The molecule has 0 radical (unpaired) electrons. The number of carbonyl (C=O) groups excluding carboxylic acids is 1. The Morgan fingerprint density at radius 1 is 1.00 bits per heavy atom. The van der Waals surface area contributed by atoms with E-state index in [0.717, 1.165) is 22.9 Å². The maximum Gasteiger partial charge on any atom is 0.264 e. The molecule has 7 nitrogen and oxygen atoms in total. The van der Waals surface area contributed by atoms with Crippen LogP contribution in [0, 0.1) is 6.92 Å². The minimum atomic E-state index is -4.01. The normalized spacial score (nSPS) is 13.9. The number of benzene rings is 3. The SMILES string of the molecule is COc1ccc(S(=O)(=O)N(CC(=O)Nc2ccc(OC3CCCC3)cc2)c2ccccc2)cc1C. The molecule has 0 saturated heterocycles. The first kappa shape index (κ1) is 24.6. The van der Waals surface area contributed by atoms with Crippen molar-refractivity contribution in [1.29, 1.82) is 0 Å². The Labute approximate surface area is 206 Å². The van der Waals surface area contributed by atoms with Crippen LogP contribution in [-0.4, -0.2) is 34.1 Å². The fourth-order valence-corrected chi connectivity index (χ4v) is 5.70. The summed E-state index contributed by atoms with van der Waals surface area (Å²) in [6, 6.07) is 20.4. The predicted molar refractivity (Wildman–Crippen MR) is 137 cm³/mol. The van der Waals surface area contributed by atoms with E-state index in [4.69, 9.17) is 9.47 Å². The molecule has 0 heterocycles. The van der Waals surface area contributed by atoms with Gasteiger partial charge >= 0.3 is 0 Å². The Balaban J connectivity index is 1.51. The van der Waals surface area contributed by atoms with Crippen molar-refractivity contribution in [3.05, 3.63) is 78.4 Å². The topological polar surface area (TPSA) is 84.9 Å². The summed E-state index contributed by atoms with van der Waals surface area (Å²) in [5, 5.41) is 2.80. The number of hydrogen-bond donors (Lipinski definition) is 1. The minimum absolute atomic E-state index is 0.0841. The standard InChI is InChI=1S/C27H30N2O5S/c1-20-18-25(16-17-26(20)33-2)35(31,32)29(22-8-4-3-5-9-22)19-27(30)28-21-12-14-24(15-13-21)34-23-10-6-7-11-23/h3-5,8-9,12-18,23H,6-7,10-11,19H2,1-2H3,(H,28,30). The summed E-state index contributed by atoms with van der Waals surface area (Å²) in [5.41, 5.74) is 1.65. The number of methoxy groups -OCH3 is 1. The average molecular weight is 495 g/mol. The molecule has 184 valence electrons. The highest BCUT2D eigenvalue weighted by Crippen LogP contribution is 2.28. The number of ether oxygens (including phenoxy) is 2. The van der Waals surface area contributed by atoms with E-state index in [9.17, 15) is 13.2 Å². The lowest BCUT2D eigenvalue weighted by molar-refractivity contribution is -0.114. The molecule has 1 N–H and O–H groups in total. The van der Waals surface area contributed by atoms with Gasteiger partial charge in [0.25, 0.3) is 10.0 Å². The van der Waals surface area contributed by atoms with E-state index in [-0.39, 0.29) is 17.5 Å². The van der Waals surface area contributed by atoms with E-state index in [1.807, 2.05) is 12.1 Å². The van der Waals surface area contributed by atoms with Gasteiger partial charge in [0.2, 0.25) is 5.91 Å². The van der Waals surface area contributed by atoms with E-state index in [1.54, 1.807) is 61.5 Å². The van der Waals surface area contributed by atoms with Crippen LogP contribution in [-0.2, 0) is 14.8 Å². The van der Waals surface area contributed by atoms with Crippen molar-refractivity contribution < 1.29 is 22.7 Å². The number of nitrogens with zero attached hydrogens (tertiary/aromatic N) is 1. The van der Waals surface area contributed by atoms with Gasteiger partial charge in [-0.3, -0.25) is 9.10 Å². The second-order valence-corrected chi connectivity index (χ2v) is 10.4. The summed E-state index contributed by atoms with van der Waals surface area (Å²) < 4.78 is 39.5. The molecule has 8 heteroatoms. The summed E-state index contributed by atoms with van der Waals surface area (Å²) in [4.78, 5) is 13.0. The first-order valence-electron chi connectivity index (χ1n) is 11.7. The van der Waals surface area contributed by atoms with Crippen LogP contribution in [0.4, 0.5) is 11.4 Å². The molecule has 0 bridgehead atoms. The number of amides is 1. The maximum absolute atomic E-state index is 13.6. The smallest absolute Gasteiger partial charge is 0.264 e. The highest BCUT2D eigenvalue weighted by molar-refractivity contribution is 7.92. The molecular formula is C27H30N2O5S. The molecule has 1 aliphatic rings. The molecule has 1 aliphatic carbocycles. The zero-order chi connectivity index (χ0) is 24.8. The lowest BCUT2D eigenvalue weighted by Crippen LogP contribution is -2.38. The molecule has 1 saturated carbocycles. The van der Waals surface area contributed by atoms with Gasteiger partial charge in [-0.2, -0.15) is 0 Å². The molecule has 0 unspecified atom stereocenters.